The van der Waals surface area contributed by atoms with Crippen molar-refractivity contribution >= 4 is 39.1 Å². The minimum absolute atomic E-state index is 0.123. The average molecular weight is 471 g/mol. The van der Waals surface area contributed by atoms with Gasteiger partial charge in [0.25, 0.3) is 5.91 Å². The summed E-state index contributed by atoms with van der Waals surface area (Å²) in [5.74, 6) is 0.655. The summed E-state index contributed by atoms with van der Waals surface area (Å²) < 4.78 is 6.08. The molecule has 0 fully saturated rings. The number of anilines is 1. The van der Waals surface area contributed by atoms with E-state index < -0.39 is 0 Å². The van der Waals surface area contributed by atoms with E-state index in [9.17, 15) is 4.79 Å². The number of rotatable bonds is 7. The summed E-state index contributed by atoms with van der Waals surface area (Å²) in [6, 6.07) is 22.8. The smallest absolute Gasteiger partial charge is 0.254 e. The summed E-state index contributed by atoms with van der Waals surface area (Å²) >= 11 is 9.53. The third kappa shape index (κ3) is 5.49. The molecule has 0 aliphatic carbocycles. The number of hydrogen-bond acceptors (Lipinski definition) is 2. The first-order chi connectivity index (χ1) is 14.0. The fourth-order valence-corrected chi connectivity index (χ4v) is 3.59. The highest BCUT2D eigenvalue weighted by molar-refractivity contribution is 9.10. The van der Waals surface area contributed by atoms with Gasteiger partial charge < -0.3 is 9.64 Å². The van der Waals surface area contributed by atoms with E-state index >= 15 is 0 Å². The van der Waals surface area contributed by atoms with E-state index in [0.29, 0.717) is 23.6 Å². The molecule has 0 aromatic heterocycles. The number of carbonyl (C=O) groups is 1. The maximum absolute atomic E-state index is 13.3. The molecule has 5 heteroatoms. The Labute approximate surface area is 184 Å². The van der Waals surface area contributed by atoms with Crippen molar-refractivity contribution in [3.63, 3.8) is 0 Å². The molecule has 0 bridgehead atoms. The molecule has 0 aliphatic heterocycles. The number of benzene rings is 3. The zero-order valence-electron chi connectivity index (χ0n) is 16.1. The highest BCUT2D eigenvalue weighted by Gasteiger charge is 2.21. The lowest BCUT2D eigenvalue weighted by molar-refractivity contribution is -0.115. The Balaban J connectivity index is 1.86. The fraction of sp³-hybridized carbons (Fsp3) is 0.125. The molecule has 0 saturated carbocycles. The molecule has 0 atom stereocenters. The maximum atomic E-state index is 13.3. The van der Waals surface area contributed by atoms with Crippen LogP contribution in [0.2, 0.25) is 5.02 Å². The van der Waals surface area contributed by atoms with Crippen molar-refractivity contribution in [1.82, 2.24) is 0 Å². The normalized spacial score (nSPS) is 10.4. The van der Waals surface area contributed by atoms with Crippen molar-refractivity contribution < 1.29 is 9.53 Å². The van der Waals surface area contributed by atoms with Gasteiger partial charge in [-0.05, 0) is 63.5 Å². The van der Waals surface area contributed by atoms with Crippen molar-refractivity contribution in [2.45, 2.75) is 13.0 Å². The van der Waals surface area contributed by atoms with E-state index in [1.54, 1.807) is 12.0 Å². The zero-order valence-corrected chi connectivity index (χ0v) is 18.4. The molecule has 3 nitrogen and oxygen atoms in total. The second-order valence-corrected chi connectivity index (χ2v) is 7.89. The highest BCUT2D eigenvalue weighted by Crippen LogP contribution is 2.29. The summed E-state index contributed by atoms with van der Waals surface area (Å²) in [6.45, 7) is 4.48. The third-order valence-corrected chi connectivity index (χ3v) is 5.44. The van der Waals surface area contributed by atoms with Crippen LogP contribution in [0.5, 0.6) is 5.75 Å². The number of methoxy groups -OCH3 is 1. The average Bonchev–Trinajstić information content (AvgIpc) is 2.74. The van der Waals surface area contributed by atoms with Crippen LogP contribution in [-0.4, -0.2) is 13.0 Å². The molecule has 29 heavy (non-hydrogen) atoms. The molecule has 0 aliphatic rings. The van der Waals surface area contributed by atoms with Gasteiger partial charge >= 0.3 is 0 Å². The van der Waals surface area contributed by atoms with Crippen molar-refractivity contribution in [3.8, 4) is 5.75 Å². The van der Waals surface area contributed by atoms with Gasteiger partial charge in [0.15, 0.2) is 0 Å². The van der Waals surface area contributed by atoms with Crippen LogP contribution in [-0.2, 0) is 17.8 Å². The molecule has 148 valence electrons. The Morgan fingerprint density at radius 1 is 1.00 bits per heavy atom. The van der Waals surface area contributed by atoms with Gasteiger partial charge in [0.2, 0.25) is 0 Å². The van der Waals surface area contributed by atoms with E-state index in [1.807, 2.05) is 72.8 Å². The van der Waals surface area contributed by atoms with Gasteiger partial charge in [-0.25, -0.2) is 0 Å². The molecule has 0 N–H and O–H groups in total. The van der Waals surface area contributed by atoms with Crippen LogP contribution in [0.25, 0.3) is 0 Å². The zero-order chi connectivity index (χ0) is 20.8. The SMILES string of the molecule is C=C(Cc1ccc(Cl)cc1)C(=O)N(Cc1ccc(OC)cc1)c1ccccc1Br. The predicted octanol–water partition coefficient (Wildman–Crippen LogP) is 6.44. The summed E-state index contributed by atoms with van der Waals surface area (Å²) in [5, 5.41) is 0.667. The van der Waals surface area contributed by atoms with Crippen molar-refractivity contribution in [2.24, 2.45) is 0 Å². The van der Waals surface area contributed by atoms with E-state index in [2.05, 4.69) is 22.5 Å². The second-order valence-electron chi connectivity index (χ2n) is 6.60. The third-order valence-electron chi connectivity index (χ3n) is 4.52. The molecule has 0 radical (unpaired) electrons. The lowest BCUT2D eigenvalue weighted by atomic mass is 10.0. The first-order valence-corrected chi connectivity index (χ1v) is 10.3. The lowest BCUT2D eigenvalue weighted by Crippen LogP contribution is -2.32. The number of amides is 1. The van der Waals surface area contributed by atoms with E-state index in [0.717, 1.165) is 27.0 Å². The van der Waals surface area contributed by atoms with Crippen LogP contribution < -0.4 is 9.64 Å². The second kappa shape index (κ2) is 9.77. The van der Waals surface area contributed by atoms with Crippen LogP contribution in [0, 0.1) is 0 Å². The Morgan fingerprint density at radius 2 is 1.62 bits per heavy atom. The molecular weight excluding hydrogens is 450 g/mol. The first kappa shape index (κ1) is 21.2. The number of halogens is 2. The largest absolute Gasteiger partial charge is 0.497 e. The van der Waals surface area contributed by atoms with Gasteiger partial charge in [-0.1, -0.05) is 54.6 Å². The molecule has 3 aromatic rings. The summed E-state index contributed by atoms with van der Waals surface area (Å²) in [5.41, 5.74) is 3.29. The van der Waals surface area contributed by atoms with Crippen molar-refractivity contribution in [2.75, 3.05) is 12.0 Å². The summed E-state index contributed by atoms with van der Waals surface area (Å²) in [7, 11) is 1.63. The van der Waals surface area contributed by atoms with Crippen LogP contribution in [0.3, 0.4) is 0 Å². The van der Waals surface area contributed by atoms with E-state index in [-0.39, 0.29) is 5.91 Å². The molecule has 3 aromatic carbocycles. The molecule has 3 rings (SSSR count). The molecule has 0 unspecified atom stereocenters. The quantitative estimate of drug-likeness (QED) is 0.372. The standard InChI is InChI=1S/C24H21BrClNO2/c1-17(15-18-7-11-20(26)12-8-18)24(28)27(23-6-4-3-5-22(23)25)16-19-9-13-21(29-2)14-10-19/h3-14H,1,15-16H2,2H3. The maximum Gasteiger partial charge on any atom is 0.254 e. The molecular formula is C24H21BrClNO2. The number of carbonyl (C=O) groups excluding carboxylic acids is 1. The Bertz CT molecular complexity index is 1000. The van der Waals surface area contributed by atoms with Crippen molar-refractivity contribution in [1.29, 1.82) is 0 Å². The monoisotopic (exact) mass is 469 g/mol. The van der Waals surface area contributed by atoms with Crippen LogP contribution in [0.4, 0.5) is 5.69 Å². The predicted molar refractivity (Wildman–Crippen MR) is 123 cm³/mol. The molecule has 0 heterocycles. The van der Waals surface area contributed by atoms with Crippen molar-refractivity contribution in [3.05, 3.63) is 106 Å². The summed E-state index contributed by atoms with van der Waals surface area (Å²) in [6.07, 6.45) is 0.458. The molecule has 0 spiro atoms. The fourth-order valence-electron chi connectivity index (χ4n) is 2.97. The van der Waals surface area contributed by atoms with E-state index in [4.69, 9.17) is 16.3 Å². The van der Waals surface area contributed by atoms with E-state index in [1.165, 1.54) is 0 Å². The highest BCUT2D eigenvalue weighted by atomic mass is 79.9. The summed E-state index contributed by atoms with van der Waals surface area (Å²) in [4.78, 5) is 15.1. The van der Waals surface area contributed by atoms with Gasteiger partial charge in [-0.3, -0.25) is 4.79 Å². The van der Waals surface area contributed by atoms with Gasteiger partial charge in [-0.15, -0.1) is 0 Å². The van der Waals surface area contributed by atoms with Crippen LogP contribution in [0.15, 0.2) is 89.4 Å². The Kier molecular flexibility index (Phi) is 7.13. The van der Waals surface area contributed by atoms with Crippen LogP contribution in [0.1, 0.15) is 11.1 Å². The lowest BCUT2D eigenvalue weighted by Gasteiger charge is -2.25. The first-order valence-electron chi connectivity index (χ1n) is 9.09. The Hall–Kier alpha value is -2.56. The van der Waals surface area contributed by atoms with Gasteiger partial charge in [0.05, 0.1) is 19.3 Å². The molecule has 0 saturated heterocycles. The minimum Gasteiger partial charge on any atom is -0.497 e. The van der Waals surface area contributed by atoms with Crippen LogP contribution >= 0.6 is 27.5 Å². The number of para-hydroxylation sites is 1. The van der Waals surface area contributed by atoms with Gasteiger partial charge in [-0.2, -0.15) is 0 Å². The topological polar surface area (TPSA) is 29.5 Å². The van der Waals surface area contributed by atoms with Gasteiger partial charge in [0, 0.05) is 21.5 Å². The minimum atomic E-state index is -0.123. The number of ether oxygens (including phenoxy) is 1. The van der Waals surface area contributed by atoms with Gasteiger partial charge in [0.1, 0.15) is 5.75 Å². The Morgan fingerprint density at radius 3 is 2.24 bits per heavy atom. The number of nitrogens with zero attached hydrogens (tertiary/aromatic N) is 1. The molecule has 1 amide bonds. The number of hydrogen-bond donors (Lipinski definition) is 0.